The Hall–Kier alpha value is -1.64. The lowest BCUT2D eigenvalue weighted by Crippen LogP contribution is -2.20. The van der Waals surface area contributed by atoms with E-state index >= 15 is 0 Å². The maximum Gasteiger partial charge on any atom is 0.224 e. The zero-order valence-electron chi connectivity index (χ0n) is 10.7. The van der Waals surface area contributed by atoms with E-state index in [4.69, 9.17) is 0 Å². The van der Waals surface area contributed by atoms with Crippen molar-refractivity contribution < 1.29 is 4.79 Å². The van der Waals surface area contributed by atoms with E-state index in [-0.39, 0.29) is 5.91 Å². The van der Waals surface area contributed by atoms with Crippen molar-refractivity contribution in [1.82, 2.24) is 0 Å². The molecule has 0 bridgehead atoms. The van der Waals surface area contributed by atoms with E-state index in [9.17, 15) is 4.79 Å². The van der Waals surface area contributed by atoms with E-state index in [1.54, 1.807) is 0 Å². The summed E-state index contributed by atoms with van der Waals surface area (Å²) in [6.45, 7) is 3.20. The highest BCUT2D eigenvalue weighted by atomic mass is 16.1. The van der Waals surface area contributed by atoms with Gasteiger partial charge in [-0.15, -0.1) is 0 Å². The zero-order chi connectivity index (χ0) is 12.5. The second kappa shape index (κ2) is 4.56. The molecule has 0 saturated heterocycles. The van der Waals surface area contributed by atoms with Crippen LogP contribution in [0.4, 0.5) is 5.69 Å². The van der Waals surface area contributed by atoms with Gasteiger partial charge >= 0.3 is 0 Å². The summed E-state index contributed by atoms with van der Waals surface area (Å²) in [5.74, 6) is 0.838. The fourth-order valence-electron chi connectivity index (χ4n) is 2.62. The third-order valence-corrected chi connectivity index (χ3v) is 3.80. The second-order valence-electron chi connectivity index (χ2n) is 5.35. The molecule has 94 valence electrons. The molecule has 0 saturated carbocycles. The summed E-state index contributed by atoms with van der Waals surface area (Å²) in [5, 5.41) is 2.92. The summed E-state index contributed by atoms with van der Waals surface area (Å²) in [6, 6.07) is 6.30. The smallest absolute Gasteiger partial charge is 0.224 e. The molecule has 2 aliphatic heterocycles. The number of nitrogens with zero attached hydrogens (tertiary/aromatic N) is 1. The van der Waals surface area contributed by atoms with Gasteiger partial charge in [-0.1, -0.05) is 13.0 Å². The molecule has 0 aromatic heterocycles. The van der Waals surface area contributed by atoms with Gasteiger partial charge in [0, 0.05) is 24.4 Å². The Labute approximate surface area is 107 Å². The number of amides is 1. The topological polar surface area (TPSA) is 41.5 Å². The molecule has 2 heterocycles. The van der Waals surface area contributed by atoms with Crippen LogP contribution >= 0.6 is 0 Å². The molecule has 0 radical (unpaired) electrons. The van der Waals surface area contributed by atoms with Crippen LogP contribution in [0, 0.1) is 5.92 Å². The summed E-state index contributed by atoms with van der Waals surface area (Å²) >= 11 is 0. The first kappa shape index (κ1) is 11.5. The van der Waals surface area contributed by atoms with Gasteiger partial charge in [0.2, 0.25) is 5.91 Å². The van der Waals surface area contributed by atoms with E-state index < -0.39 is 0 Å². The molecule has 0 fully saturated rings. The van der Waals surface area contributed by atoms with Gasteiger partial charge in [0.05, 0.1) is 0 Å². The number of benzene rings is 1. The fourth-order valence-corrected chi connectivity index (χ4v) is 2.62. The Morgan fingerprint density at radius 1 is 1.28 bits per heavy atom. The third-order valence-electron chi connectivity index (χ3n) is 3.80. The molecule has 3 heteroatoms. The van der Waals surface area contributed by atoms with Crippen molar-refractivity contribution in [2.75, 3.05) is 11.9 Å². The molecular formula is C15H18N2O. The van der Waals surface area contributed by atoms with Crippen molar-refractivity contribution in [3.63, 3.8) is 0 Å². The van der Waals surface area contributed by atoms with Gasteiger partial charge in [-0.3, -0.25) is 9.79 Å². The molecular weight excluding hydrogens is 224 g/mol. The number of anilines is 1. The lowest BCUT2D eigenvalue weighted by atomic mass is 9.93. The Balaban J connectivity index is 1.88. The summed E-state index contributed by atoms with van der Waals surface area (Å²) in [6.07, 6.45) is 3.75. The molecule has 1 aromatic carbocycles. The quantitative estimate of drug-likeness (QED) is 0.808. The number of rotatable bonds is 1. The van der Waals surface area contributed by atoms with E-state index in [0.717, 1.165) is 25.1 Å². The largest absolute Gasteiger partial charge is 0.326 e. The van der Waals surface area contributed by atoms with Crippen LogP contribution in [0.1, 0.15) is 37.3 Å². The lowest BCUT2D eigenvalue weighted by molar-refractivity contribution is -0.116. The van der Waals surface area contributed by atoms with Crippen molar-refractivity contribution in [3.8, 4) is 0 Å². The maximum absolute atomic E-state index is 11.3. The SMILES string of the molecule is CC1CCC(c2ccc3c(c2)CCC(=O)N3)=NC1. The van der Waals surface area contributed by atoms with Gasteiger partial charge in [-0.2, -0.15) is 0 Å². The Morgan fingerprint density at radius 2 is 2.17 bits per heavy atom. The van der Waals surface area contributed by atoms with Crippen molar-refractivity contribution in [2.45, 2.75) is 32.6 Å². The number of nitrogens with one attached hydrogen (secondary N) is 1. The standard InChI is InChI=1S/C15H18N2O/c1-10-2-5-13(16-9-10)11-3-6-14-12(8-11)4-7-15(18)17-14/h3,6,8,10H,2,4-5,7,9H2,1H3,(H,17,18). The first-order valence-corrected chi connectivity index (χ1v) is 6.69. The third kappa shape index (κ3) is 2.17. The van der Waals surface area contributed by atoms with Crippen LogP contribution < -0.4 is 5.32 Å². The van der Waals surface area contributed by atoms with Crippen molar-refractivity contribution in [2.24, 2.45) is 10.9 Å². The minimum atomic E-state index is 0.124. The highest BCUT2D eigenvalue weighted by molar-refractivity contribution is 6.02. The van der Waals surface area contributed by atoms with Crippen LogP contribution in [0.15, 0.2) is 23.2 Å². The lowest BCUT2D eigenvalue weighted by Gasteiger charge is -2.21. The monoisotopic (exact) mass is 242 g/mol. The average molecular weight is 242 g/mol. The van der Waals surface area contributed by atoms with Crippen LogP contribution in [0.5, 0.6) is 0 Å². The van der Waals surface area contributed by atoms with Crippen molar-refractivity contribution in [3.05, 3.63) is 29.3 Å². The maximum atomic E-state index is 11.3. The first-order chi connectivity index (χ1) is 8.72. The second-order valence-corrected chi connectivity index (χ2v) is 5.35. The average Bonchev–Trinajstić information content (AvgIpc) is 2.39. The number of fused-ring (bicyclic) bond motifs is 1. The Bertz CT molecular complexity index is 519. The number of hydrogen-bond acceptors (Lipinski definition) is 2. The van der Waals surface area contributed by atoms with Gasteiger partial charge in [0.1, 0.15) is 0 Å². The van der Waals surface area contributed by atoms with Gasteiger partial charge in [0.25, 0.3) is 0 Å². The molecule has 1 unspecified atom stereocenters. The highest BCUT2D eigenvalue weighted by Crippen LogP contribution is 2.26. The Kier molecular flexibility index (Phi) is 2.90. The molecule has 1 atom stereocenters. The van der Waals surface area contributed by atoms with Gasteiger partial charge in [-0.05, 0) is 48.4 Å². The number of carbonyl (C=O) groups is 1. The normalized spacial score (nSPS) is 23.1. The summed E-state index contributed by atoms with van der Waals surface area (Å²) < 4.78 is 0. The van der Waals surface area contributed by atoms with Crippen LogP contribution in [-0.4, -0.2) is 18.2 Å². The van der Waals surface area contributed by atoms with E-state index in [1.165, 1.54) is 23.3 Å². The molecule has 0 aliphatic carbocycles. The molecule has 18 heavy (non-hydrogen) atoms. The molecule has 0 spiro atoms. The van der Waals surface area contributed by atoms with Crippen LogP contribution in [0.2, 0.25) is 0 Å². The van der Waals surface area contributed by atoms with Crippen molar-refractivity contribution in [1.29, 1.82) is 0 Å². The molecule has 3 rings (SSSR count). The summed E-state index contributed by atoms with van der Waals surface area (Å²) in [5.41, 5.74) is 4.68. The summed E-state index contributed by atoms with van der Waals surface area (Å²) in [4.78, 5) is 16.0. The minimum Gasteiger partial charge on any atom is -0.326 e. The van der Waals surface area contributed by atoms with Crippen molar-refractivity contribution >= 4 is 17.3 Å². The van der Waals surface area contributed by atoms with Gasteiger partial charge in [0.15, 0.2) is 0 Å². The van der Waals surface area contributed by atoms with E-state index in [2.05, 4.69) is 29.4 Å². The number of aryl methyl sites for hydroxylation is 1. The number of aliphatic imine (C=N–C) groups is 1. The molecule has 1 aromatic rings. The van der Waals surface area contributed by atoms with E-state index in [0.29, 0.717) is 12.3 Å². The fraction of sp³-hybridized carbons (Fsp3) is 0.467. The molecule has 1 N–H and O–H groups in total. The van der Waals surface area contributed by atoms with Gasteiger partial charge in [-0.25, -0.2) is 0 Å². The zero-order valence-corrected chi connectivity index (χ0v) is 10.7. The van der Waals surface area contributed by atoms with E-state index in [1.807, 2.05) is 6.07 Å². The number of carbonyl (C=O) groups excluding carboxylic acids is 1. The molecule has 2 aliphatic rings. The number of hydrogen-bond donors (Lipinski definition) is 1. The predicted octanol–water partition coefficient (Wildman–Crippen LogP) is 2.79. The minimum absolute atomic E-state index is 0.124. The summed E-state index contributed by atoms with van der Waals surface area (Å²) in [7, 11) is 0. The van der Waals surface area contributed by atoms with Crippen LogP contribution in [0.25, 0.3) is 0 Å². The first-order valence-electron chi connectivity index (χ1n) is 6.69. The predicted molar refractivity (Wildman–Crippen MR) is 73.2 cm³/mol. The highest BCUT2D eigenvalue weighted by Gasteiger charge is 2.17. The van der Waals surface area contributed by atoms with Crippen LogP contribution in [-0.2, 0) is 11.2 Å². The van der Waals surface area contributed by atoms with Gasteiger partial charge < -0.3 is 5.32 Å². The Morgan fingerprint density at radius 3 is 2.94 bits per heavy atom. The molecule has 3 nitrogen and oxygen atoms in total. The molecule has 1 amide bonds. The van der Waals surface area contributed by atoms with Crippen LogP contribution in [0.3, 0.4) is 0 Å².